The zero-order chi connectivity index (χ0) is 14.9. The Hall–Kier alpha value is -0.610. The van der Waals surface area contributed by atoms with Crippen LogP contribution in [0.4, 0.5) is 0 Å². The molecule has 0 unspecified atom stereocenters. The van der Waals surface area contributed by atoms with Crippen molar-refractivity contribution < 1.29 is 9.53 Å². The summed E-state index contributed by atoms with van der Waals surface area (Å²) in [4.78, 5) is 17.1. The fourth-order valence-corrected chi connectivity index (χ4v) is 4.34. The van der Waals surface area contributed by atoms with Gasteiger partial charge < -0.3 is 9.64 Å². The van der Waals surface area contributed by atoms with Crippen LogP contribution in [0.1, 0.15) is 52.4 Å². The molecule has 0 radical (unpaired) electrons. The predicted octanol–water partition coefficient (Wildman–Crippen LogP) is 2.28. The van der Waals surface area contributed by atoms with E-state index in [0.29, 0.717) is 23.8 Å². The van der Waals surface area contributed by atoms with Gasteiger partial charge >= 0.3 is 0 Å². The molecule has 0 aromatic carbocycles. The van der Waals surface area contributed by atoms with Crippen LogP contribution in [0.15, 0.2) is 0 Å². The third-order valence-electron chi connectivity index (χ3n) is 5.76. The summed E-state index contributed by atoms with van der Waals surface area (Å²) in [6.45, 7) is 9.08. The number of morpholine rings is 1. The molecule has 3 rings (SSSR count). The summed E-state index contributed by atoms with van der Waals surface area (Å²) in [5, 5.41) is 0. The lowest BCUT2D eigenvalue weighted by Crippen LogP contribution is -2.47. The number of hydrogen-bond donors (Lipinski definition) is 0. The van der Waals surface area contributed by atoms with E-state index in [1.807, 2.05) is 0 Å². The Bertz CT molecular complexity index is 377. The maximum atomic E-state index is 12.6. The largest absolute Gasteiger partial charge is 0.375 e. The van der Waals surface area contributed by atoms with Gasteiger partial charge in [0, 0.05) is 32.2 Å². The highest BCUT2D eigenvalue weighted by Crippen LogP contribution is 2.45. The Morgan fingerprint density at radius 2 is 2.00 bits per heavy atom. The number of amides is 1. The smallest absolute Gasteiger partial charge is 0.225 e. The number of nitrogens with zero attached hydrogens (tertiary/aromatic N) is 2. The van der Waals surface area contributed by atoms with E-state index in [4.69, 9.17) is 4.74 Å². The van der Waals surface area contributed by atoms with Gasteiger partial charge in [-0.3, -0.25) is 9.69 Å². The van der Waals surface area contributed by atoms with Gasteiger partial charge in [0.1, 0.15) is 0 Å². The fourth-order valence-electron chi connectivity index (χ4n) is 4.34. The van der Waals surface area contributed by atoms with Gasteiger partial charge in [-0.1, -0.05) is 12.8 Å². The lowest BCUT2D eigenvalue weighted by molar-refractivity contribution is -0.136. The Morgan fingerprint density at radius 1 is 1.24 bits per heavy atom. The number of hydrogen-bond acceptors (Lipinski definition) is 3. The van der Waals surface area contributed by atoms with Gasteiger partial charge in [-0.05, 0) is 38.5 Å². The maximum Gasteiger partial charge on any atom is 0.225 e. The molecule has 0 N–H and O–H groups in total. The first-order valence-electron chi connectivity index (χ1n) is 8.71. The zero-order valence-corrected chi connectivity index (χ0v) is 13.6. The van der Waals surface area contributed by atoms with Gasteiger partial charge in [0.25, 0.3) is 0 Å². The molecule has 120 valence electrons. The topological polar surface area (TPSA) is 32.8 Å². The van der Waals surface area contributed by atoms with Crippen LogP contribution >= 0.6 is 0 Å². The molecule has 1 spiro atoms. The minimum Gasteiger partial charge on any atom is -0.375 e. The van der Waals surface area contributed by atoms with Crippen LogP contribution in [-0.4, -0.2) is 60.6 Å². The standard InChI is InChI=1S/C17H30N2O2/c1-14(2)18-9-10-21-15(12-18)11-16(20)19-8-7-17(13-19)5-3-4-6-17/h14-15H,3-13H2,1-2H3/t15-/m0/s1. The van der Waals surface area contributed by atoms with Crippen LogP contribution in [0.5, 0.6) is 0 Å². The maximum absolute atomic E-state index is 12.6. The normalized spacial score (nSPS) is 29.7. The van der Waals surface area contributed by atoms with Crippen molar-refractivity contribution in [3.8, 4) is 0 Å². The summed E-state index contributed by atoms with van der Waals surface area (Å²) in [6, 6.07) is 0.542. The monoisotopic (exact) mass is 294 g/mol. The molecule has 0 bridgehead atoms. The molecule has 1 atom stereocenters. The van der Waals surface area contributed by atoms with Crippen molar-refractivity contribution in [3.05, 3.63) is 0 Å². The lowest BCUT2D eigenvalue weighted by atomic mass is 9.86. The molecule has 1 aliphatic carbocycles. The van der Waals surface area contributed by atoms with E-state index in [2.05, 4.69) is 23.6 Å². The summed E-state index contributed by atoms with van der Waals surface area (Å²) in [7, 11) is 0. The van der Waals surface area contributed by atoms with Crippen LogP contribution < -0.4 is 0 Å². The van der Waals surface area contributed by atoms with Gasteiger partial charge in [0.2, 0.25) is 5.91 Å². The van der Waals surface area contributed by atoms with Crippen molar-refractivity contribution in [2.75, 3.05) is 32.8 Å². The van der Waals surface area contributed by atoms with Crippen LogP contribution in [0.2, 0.25) is 0 Å². The van der Waals surface area contributed by atoms with Crippen molar-refractivity contribution in [1.29, 1.82) is 0 Å². The van der Waals surface area contributed by atoms with Crippen molar-refractivity contribution in [1.82, 2.24) is 9.80 Å². The zero-order valence-electron chi connectivity index (χ0n) is 13.6. The first-order valence-corrected chi connectivity index (χ1v) is 8.71. The van der Waals surface area contributed by atoms with E-state index in [0.717, 1.165) is 32.8 Å². The summed E-state index contributed by atoms with van der Waals surface area (Å²) >= 11 is 0. The number of carbonyl (C=O) groups is 1. The van der Waals surface area contributed by atoms with E-state index in [9.17, 15) is 4.79 Å². The van der Waals surface area contributed by atoms with Crippen molar-refractivity contribution in [2.24, 2.45) is 5.41 Å². The SMILES string of the molecule is CC(C)N1CCO[C@@H](CC(=O)N2CCC3(CCCC3)C2)C1. The molecule has 2 aliphatic heterocycles. The molecule has 3 aliphatic rings. The second kappa shape index (κ2) is 6.25. The lowest BCUT2D eigenvalue weighted by Gasteiger charge is -2.35. The summed E-state index contributed by atoms with van der Waals surface area (Å²) in [5.74, 6) is 0.314. The van der Waals surface area contributed by atoms with E-state index in [1.54, 1.807) is 0 Å². The van der Waals surface area contributed by atoms with Gasteiger partial charge in [-0.2, -0.15) is 0 Å². The summed E-state index contributed by atoms with van der Waals surface area (Å²) < 4.78 is 5.82. The first kappa shape index (κ1) is 15.3. The van der Waals surface area contributed by atoms with Crippen LogP contribution in [-0.2, 0) is 9.53 Å². The average molecular weight is 294 g/mol. The quantitative estimate of drug-likeness (QED) is 0.800. The first-order chi connectivity index (χ1) is 10.1. The highest BCUT2D eigenvalue weighted by atomic mass is 16.5. The Balaban J connectivity index is 1.50. The molecule has 4 heteroatoms. The van der Waals surface area contributed by atoms with Crippen molar-refractivity contribution >= 4 is 5.91 Å². The summed E-state index contributed by atoms with van der Waals surface area (Å²) in [5.41, 5.74) is 0.479. The number of carbonyl (C=O) groups excluding carboxylic acids is 1. The predicted molar refractivity (Wildman–Crippen MR) is 83.2 cm³/mol. The average Bonchev–Trinajstić information content (AvgIpc) is 3.10. The highest BCUT2D eigenvalue weighted by Gasteiger charge is 2.42. The molecular formula is C17H30N2O2. The second-order valence-corrected chi connectivity index (χ2v) is 7.56. The second-order valence-electron chi connectivity index (χ2n) is 7.56. The molecular weight excluding hydrogens is 264 g/mol. The molecule has 2 saturated heterocycles. The van der Waals surface area contributed by atoms with Crippen LogP contribution in [0.25, 0.3) is 0 Å². The van der Waals surface area contributed by atoms with Crippen molar-refractivity contribution in [3.63, 3.8) is 0 Å². The van der Waals surface area contributed by atoms with E-state index in [-0.39, 0.29) is 6.10 Å². The van der Waals surface area contributed by atoms with Gasteiger partial charge in [-0.25, -0.2) is 0 Å². The van der Waals surface area contributed by atoms with Gasteiger partial charge in [0.05, 0.1) is 19.1 Å². The van der Waals surface area contributed by atoms with Crippen LogP contribution in [0.3, 0.4) is 0 Å². The Morgan fingerprint density at radius 3 is 2.71 bits per heavy atom. The van der Waals surface area contributed by atoms with E-state index < -0.39 is 0 Å². The van der Waals surface area contributed by atoms with Crippen LogP contribution in [0, 0.1) is 5.41 Å². The molecule has 21 heavy (non-hydrogen) atoms. The Kier molecular flexibility index (Phi) is 4.55. The molecule has 0 aromatic rings. The number of rotatable bonds is 3. The highest BCUT2D eigenvalue weighted by molar-refractivity contribution is 5.77. The third-order valence-corrected chi connectivity index (χ3v) is 5.76. The molecule has 2 heterocycles. The minimum atomic E-state index is 0.0915. The molecule has 0 aromatic heterocycles. The summed E-state index contributed by atoms with van der Waals surface area (Å²) in [6.07, 6.45) is 7.26. The molecule has 1 saturated carbocycles. The van der Waals surface area contributed by atoms with Gasteiger partial charge in [0.15, 0.2) is 0 Å². The fraction of sp³-hybridized carbons (Fsp3) is 0.941. The van der Waals surface area contributed by atoms with Crippen molar-refractivity contribution in [2.45, 2.75) is 64.5 Å². The third kappa shape index (κ3) is 3.42. The minimum absolute atomic E-state index is 0.0915. The van der Waals surface area contributed by atoms with E-state index in [1.165, 1.54) is 32.1 Å². The molecule has 4 nitrogen and oxygen atoms in total. The van der Waals surface area contributed by atoms with Gasteiger partial charge in [-0.15, -0.1) is 0 Å². The number of likely N-dealkylation sites (tertiary alicyclic amines) is 1. The van der Waals surface area contributed by atoms with E-state index >= 15 is 0 Å². The molecule has 1 amide bonds. The Labute approximate surface area is 128 Å². The molecule has 3 fully saturated rings. The number of ether oxygens (including phenoxy) is 1.